The molecule has 34 heavy (non-hydrogen) atoms. The van der Waals surface area contributed by atoms with Crippen molar-refractivity contribution >= 4 is 34.4 Å². The van der Waals surface area contributed by atoms with Crippen molar-refractivity contribution < 1.29 is 9.18 Å². The number of aromatic nitrogens is 3. The van der Waals surface area contributed by atoms with Crippen LogP contribution in [0.1, 0.15) is 23.2 Å². The summed E-state index contributed by atoms with van der Waals surface area (Å²) in [5, 5.41) is 1.71. The fraction of sp³-hybridized carbons (Fsp3) is 0.269. The Morgan fingerprint density at radius 1 is 0.971 bits per heavy atom. The van der Waals surface area contributed by atoms with Gasteiger partial charge in [0.05, 0.1) is 5.39 Å². The van der Waals surface area contributed by atoms with Crippen molar-refractivity contribution in [2.45, 2.75) is 19.3 Å². The van der Waals surface area contributed by atoms with Crippen LogP contribution in [0.15, 0.2) is 60.9 Å². The predicted molar refractivity (Wildman–Crippen MR) is 132 cm³/mol. The van der Waals surface area contributed by atoms with E-state index < -0.39 is 0 Å². The molecule has 1 amide bonds. The summed E-state index contributed by atoms with van der Waals surface area (Å²) < 4.78 is 13.1. The van der Waals surface area contributed by atoms with Gasteiger partial charge in [-0.1, -0.05) is 35.9 Å². The van der Waals surface area contributed by atoms with Crippen molar-refractivity contribution in [3.8, 4) is 0 Å². The summed E-state index contributed by atoms with van der Waals surface area (Å²) in [5.41, 5.74) is 4.01. The van der Waals surface area contributed by atoms with Gasteiger partial charge in [0, 0.05) is 49.7 Å². The van der Waals surface area contributed by atoms with Gasteiger partial charge >= 0.3 is 0 Å². The van der Waals surface area contributed by atoms with Gasteiger partial charge in [0.15, 0.2) is 0 Å². The van der Waals surface area contributed by atoms with Crippen LogP contribution < -0.4 is 4.90 Å². The zero-order valence-electron chi connectivity index (χ0n) is 18.7. The van der Waals surface area contributed by atoms with Gasteiger partial charge < -0.3 is 14.8 Å². The Morgan fingerprint density at radius 2 is 1.68 bits per heavy atom. The first kappa shape index (κ1) is 22.3. The van der Waals surface area contributed by atoms with E-state index in [1.807, 2.05) is 29.2 Å². The smallest absolute Gasteiger partial charge is 0.223 e. The highest BCUT2D eigenvalue weighted by Crippen LogP contribution is 2.26. The number of hydrogen-bond acceptors (Lipinski definition) is 4. The number of piperazine rings is 1. The van der Waals surface area contributed by atoms with E-state index in [-0.39, 0.29) is 11.7 Å². The SMILES string of the molecule is O=C(CCc1ccc(F)cc1)N1CCN(c2ncnc3[nH]c(Cc4ccc(Cl)cc4)cc23)CC1. The third-order valence-electron chi connectivity index (χ3n) is 6.24. The van der Waals surface area contributed by atoms with Crippen LogP contribution in [0.2, 0.25) is 5.02 Å². The van der Waals surface area contributed by atoms with Gasteiger partial charge in [-0.15, -0.1) is 0 Å². The van der Waals surface area contributed by atoms with Gasteiger partial charge in [0.1, 0.15) is 23.6 Å². The highest BCUT2D eigenvalue weighted by molar-refractivity contribution is 6.30. The van der Waals surface area contributed by atoms with E-state index in [0.29, 0.717) is 39.0 Å². The van der Waals surface area contributed by atoms with Gasteiger partial charge in [-0.2, -0.15) is 0 Å². The number of fused-ring (bicyclic) bond motifs is 1. The highest BCUT2D eigenvalue weighted by atomic mass is 35.5. The van der Waals surface area contributed by atoms with E-state index in [9.17, 15) is 9.18 Å². The Labute approximate surface area is 202 Å². The average Bonchev–Trinajstić information content (AvgIpc) is 3.27. The molecule has 2 aromatic heterocycles. The second kappa shape index (κ2) is 9.81. The molecule has 1 saturated heterocycles. The summed E-state index contributed by atoms with van der Waals surface area (Å²) >= 11 is 6.00. The van der Waals surface area contributed by atoms with Crippen LogP contribution in [0.5, 0.6) is 0 Å². The molecule has 174 valence electrons. The van der Waals surface area contributed by atoms with E-state index in [4.69, 9.17) is 11.6 Å². The number of benzene rings is 2. The van der Waals surface area contributed by atoms with E-state index in [1.54, 1.807) is 18.5 Å². The summed E-state index contributed by atoms with van der Waals surface area (Å²) in [6.07, 6.45) is 3.38. The molecule has 3 heterocycles. The molecule has 0 atom stereocenters. The molecule has 1 fully saturated rings. The second-order valence-corrected chi connectivity index (χ2v) is 8.99. The fourth-order valence-corrected chi connectivity index (χ4v) is 4.50. The Morgan fingerprint density at radius 3 is 2.41 bits per heavy atom. The standard InChI is InChI=1S/C26H25ClFN5O/c27-20-6-1-19(2-7-20)15-22-16-23-25(31-22)29-17-30-26(23)33-13-11-32(12-14-33)24(34)10-5-18-3-8-21(28)9-4-18/h1-4,6-9,16-17H,5,10-15H2,(H,29,30,31). The van der Waals surface area contributed by atoms with Gasteiger partial charge in [-0.25, -0.2) is 14.4 Å². The molecule has 0 radical (unpaired) electrons. The van der Waals surface area contributed by atoms with Gasteiger partial charge in [0.2, 0.25) is 5.91 Å². The first-order valence-corrected chi connectivity index (χ1v) is 11.8. The lowest BCUT2D eigenvalue weighted by atomic mass is 10.1. The maximum absolute atomic E-state index is 13.1. The number of carbonyl (C=O) groups is 1. The Hall–Kier alpha value is -3.45. The molecule has 5 rings (SSSR count). The second-order valence-electron chi connectivity index (χ2n) is 8.55. The van der Waals surface area contributed by atoms with Crippen LogP contribution in [0.4, 0.5) is 10.2 Å². The normalized spacial score (nSPS) is 14.1. The van der Waals surface area contributed by atoms with Crippen molar-refractivity contribution in [2.75, 3.05) is 31.1 Å². The number of aryl methyl sites for hydroxylation is 1. The van der Waals surface area contributed by atoms with Crippen molar-refractivity contribution in [3.05, 3.63) is 88.6 Å². The summed E-state index contributed by atoms with van der Waals surface area (Å²) in [6.45, 7) is 2.73. The molecule has 0 unspecified atom stereocenters. The molecule has 0 saturated carbocycles. The van der Waals surface area contributed by atoms with Gasteiger partial charge in [-0.3, -0.25) is 4.79 Å². The summed E-state index contributed by atoms with van der Waals surface area (Å²) in [6, 6.07) is 16.3. The van der Waals surface area contributed by atoms with E-state index in [1.165, 1.54) is 17.7 Å². The molecule has 0 bridgehead atoms. The largest absolute Gasteiger partial charge is 0.352 e. The van der Waals surface area contributed by atoms with Crippen molar-refractivity contribution in [3.63, 3.8) is 0 Å². The zero-order valence-corrected chi connectivity index (χ0v) is 19.4. The number of halogens is 2. The minimum absolute atomic E-state index is 0.128. The average molecular weight is 478 g/mol. The number of carbonyl (C=O) groups excluding carboxylic acids is 1. The molecule has 2 aromatic carbocycles. The maximum atomic E-state index is 13.1. The fourth-order valence-electron chi connectivity index (χ4n) is 4.38. The number of hydrogen-bond donors (Lipinski definition) is 1. The summed E-state index contributed by atoms with van der Waals surface area (Å²) in [5.74, 6) is 0.760. The van der Waals surface area contributed by atoms with Crippen LogP contribution >= 0.6 is 11.6 Å². The van der Waals surface area contributed by atoms with Crippen molar-refractivity contribution in [1.82, 2.24) is 19.9 Å². The zero-order chi connectivity index (χ0) is 23.5. The van der Waals surface area contributed by atoms with Gasteiger partial charge in [-0.05, 0) is 47.9 Å². The van der Waals surface area contributed by atoms with E-state index in [2.05, 4.69) is 25.9 Å². The Bertz CT molecular complexity index is 1280. The topological polar surface area (TPSA) is 65.1 Å². The number of nitrogens with zero attached hydrogens (tertiary/aromatic N) is 4. The number of anilines is 1. The van der Waals surface area contributed by atoms with Crippen LogP contribution in [-0.4, -0.2) is 51.9 Å². The van der Waals surface area contributed by atoms with Crippen molar-refractivity contribution in [2.24, 2.45) is 0 Å². The molecule has 8 heteroatoms. The van der Waals surface area contributed by atoms with Crippen LogP contribution in [-0.2, 0) is 17.6 Å². The van der Waals surface area contributed by atoms with Crippen LogP contribution in [0, 0.1) is 5.82 Å². The van der Waals surface area contributed by atoms with Crippen LogP contribution in [0.3, 0.4) is 0 Å². The Kier molecular flexibility index (Phi) is 6.45. The number of rotatable bonds is 6. The molecule has 1 N–H and O–H groups in total. The third-order valence-corrected chi connectivity index (χ3v) is 6.49. The quantitative estimate of drug-likeness (QED) is 0.440. The van der Waals surface area contributed by atoms with E-state index >= 15 is 0 Å². The van der Waals surface area contributed by atoms with Crippen molar-refractivity contribution in [1.29, 1.82) is 0 Å². The molecule has 0 aliphatic carbocycles. The molecular formula is C26H25ClFN5O. The third kappa shape index (κ3) is 5.04. The summed E-state index contributed by atoms with van der Waals surface area (Å²) in [7, 11) is 0. The van der Waals surface area contributed by atoms with Gasteiger partial charge in [0.25, 0.3) is 0 Å². The lowest BCUT2D eigenvalue weighted by molar-refractivity contribution is -0.131. The minimum Gasteiger partial charge on any atom is -0.352 e. The van der Waals surface area contributed by atoms with E-state index in [0.717, 1.165) is 39.6 Å². The number of aromatic amines is 1. The molecule has 0 spiro atoms. The summed E-state index contributed by atoms with van der Waals surface area (Å²) in [4.78, 5) is 29.2. The monoisotopic (exact) mass is 477 g/mol. The minimum atomic E-state index is -0.260. The molecule has 4 aromatic rings. The Balaban J connectivity index is 1.22. The molecule has 1 aliphatic heterocycles. The molecule has 6 nitrogen and oxygen atoms in total. The first-order valence-electron chi connectivity index (χ1n) is 11.4. The lowest BCUT2D eigenvalue weighted by Crippen LogP contribution is -2.49. The number of H-pyrrole nitrogens is 1. The lowest BCUT2D eigenvalue weighted by Gasteiger charge is -2.35. The maximum Gasteiger partial charge on any atom is 0.223 e. The predicted octanol–water partition coefficient (Wildman–Crippen LogP) is 4.62. The molecular weight excluding hydrogens is 453 g/mol. The highest BCUT2D eigenvalue weighted by Gasteiger charge is 2.23. The molecule has 1 aliphatic rings. The number of amides is 1. The number of nitrogens with one attached hydrogen (secondary N) is 1. The van der Waals surface area contributed by atoms with Crippen LogP contribution in [0.25, 0.3) is 11.0 Å². The first-order chi connectivity index (χ1) is 16.5.